The van der Waals surface area contributed by atoms with Crippen molar-refractivity contribution in [3.63, 3.8) is 0 Å². The number of hydrogen-bond acceptors (Lipinski definition) is 3. The van der Waals surface area contributed by atoms with Crippen molar-refractivity contribution >= 4 is 0 Å². The van der Waals surface area contributed by atoms with Gasteiger partial charge in [-0.2, -0.15) is 0 Å². The van der Waals surface area contributed by atoms with Gasteiger partial charge in [0.05, 0.1) is 0 Å². The Balaban J connectivity index is 2.26. The van der Waals surface area contributed by atoms with Crippen molar-refractivity contribution in [2.75, 3.05) is 0 Å². The molecule has 1 aliphatic heterocycles. The highest BCUT2D eigenvalue weighted by atomic mass is 19.4. The third kappa shape index (κ3) is 2.14. The lowest BCUT2D eigenvalue weighted by Crippen LogP contribution is -2.31. The third-order valence-corrected chi connectivity index (χ3v) is 0.694. The molecule has 57 valence electrons. The van der Waals surface area contributed by atoms with Crippen LogP contribution in [0.2, 0.25) is 0 Å². The first-order valence-corrected chi connectivity index (χ1v) is 2.31. The van der Waals surface area contributed by atoms with Crippen molar-refractivity contribution in [1.29, 1.82) is 0 Å². The van der Waals surface area contributed by atoms with Gasteiger partial charge in [-0.3, -0.25) is 0 Å². The van der Waals surface area contributed by atoms with Crippen molar-refractivity contribution in [3.8, 4) is 0 Å². The molecule has 1 atom stereocenters. The largest absolute Gasteiger partial charge is 0.527 e. The molecule has 1 unspecified atom stereocenters. The van der Waals surface area contributed by atoms with Crippen molar-refractivity contribution in [3.05, 3.63) is 12.5 Å². The summed E-state index contributed by atoms with van der Waals surface area (Å²) in [5.41, 5.74) is 0. The maximum absolute atomic E-state index is 11.3. The Morgan fingerprint density at radius 1 is 1.60 bits per heavy atom. The maximum Gasteiger partial charge on any atom is 0.527 e. The highest BCUT2D eigenvalue weighted by Crippen LogP contribution is 2.19. The zero-order valence-electron chi connectivity index (χ0n) is 4.61. The molecular formula is C4H3F3NO2. The Bertz CT molecular complexity index is 136. The van der Waals surface area contributed by atoms with Crippen LogP contribution in [-0.2, 0) is 9.47 Å². The Hall–Kier alpha value is -0.910. The van der Waals surface area contributed by atoms with Crippen LogP contribution in [0.15, 0.2) is 6.20 Å². The topological polar surface area (TPSA) is 30.5 Å². The summed E-state index contributed by atoms with van der Waals surface area (Å²) in [4.78, 5) is 0. The van der Waals surface area contributed by atoms with Crippen molar-refractivity contribution < 1.29 is 22.6 Å². The molecule has 1 heterocycles. The maximum atomic E-state index is 11.3. The lowest BCUT2D eigenvalue weighted by atomic mass is 11.0. The fraction of sp³-hybridized carbons (Fsp3) is 0.500. The molecule has 1 rings (SSSR count). The second-order valence-electron chi connectivity index (χ2n) is 1.44. The summed E-state index contributed by atoms with van der Waals surface area (Å²) >= 11 is 0. The first-order chi connectivity index (χ1) is 4.58. The number of nitrogens with one attached hydrogen (secondary N) is 1. The van der Waals surface area contributed by atoms with E-state index in [1.54, 1.807) is 0 Å². The van der Waals surface area contributed by atoms with E-state index in [4.69, 9.17) is 0 Å². The summed E-state index contributed by atoms with van der Waals surface area (Å²) in [5.74, 6) is 0. The van der Waals surface area contributed by atoms with Gasteiger partial charge in [0.25, 0.3) is 6.41 Å². The first kappa shape index (κ1) is 7.20. The molecule has 0 aromatic carbocycles. The Labute approximate surface area is 54.4 Å². The lowest BCUT2D eigenvalue weighted by molar-refractivity contribution is -0.374. The molecule has 0 saturated carbocycles. The van der Waals surface area contributed by atoms with Crippen molar-refractivity contribution in [1.82, 2.24) is 5.32 Å². The number of alkyl halides is 3. The molecule has 0 aromatic heterocycles. The SMILES string of the molecule is FC(F)(F)OC1NC=[C]O1. The molecule has 0 aromatic rings. The van der Waals surface area contributed by atoms with E-state index in [0.29, 0.717) is 0 Å². The van der Waals surface area contributed by atoms with Crippen LogP contribution in [0.1, 0.15) is 0 Å². The van der Waals surface area contributed by atoms with Crippen LogP contribution in [-0.4, -0.2) is 12.8 Å². The predicted molar refractivity (Wildman–Crippen MR) is 23.0 cm³/mol. The minimum atomic E-state index is -4.68. The normalized spacial score (nSPS) is 24.1. The molecule has 6 heteroatoms. The van der Waals surface area contributed by atoms with E-state index in [1.165, 1.54) is 0 Å². The molecule has 0 bridgehead atoms. The van der Waals surface area contributed by atoms with Crippen molar-refractivity contribution in [2.45, 2.75) is 12.8 Å². The summed E-state index contributed by atoms with van der Waals surface area (Å²) in [5, 5.41) is 2.11. The van der Waals surface area contributed by atoms with E-state index in [-0.39, 0.29) is 0 Å². The number of hydrogen-bond donors (Lipinski definition) is 1. The molecular weight excluding hydrogens is 151 g/mol. The van der Waals surface area contributed by atoms with Gasteiger partial charge in [-0.1, -0.05) is 0 Å². The zero-order chi connectivity index (χ0) is 7.61. The van der Waals surface area contributed by atoms with Gasteiger partial charge in [0.15, 0.2) is 6.26 Å². The van der Waals surface area contributed by atoms with Crippen LogP contribution in [0.4, 0.5) is 13.2 Å². The van der Waals surface area contributed by atoms with Gasteiger partial charge >= 0.3 is 6.36 Å². The third-order valence-electron chi connectivity index (χ3n) is 0.694. The lowest BCUT2D eigenvalue weighted by Gasteiger charge is -2.12. The number of rotatable bonds is 1. The summed E-state index contributed by atoms with van der Waals surface area (Å²) < 4.78 is 41.5. The summed E-state index contributed by atoms with van der Waals surface area (Å²) in [6.07, 6.45) is -3.04. The first-order valence-electron chi connectivity index (χ1n) is 2.31. The number of ether oxygens (including phenoxy) is 2. The average molecular weight is 154 g/mol. The van der Waals surface area contributed by atoms with Gasteiger partial charge in [-0.15, -0.1) is 13.2 Å². The highest BCUT2D eigenvalue weighted by molar-refractivity contribution is 4.70. The molecule has 0 aliphatic carbocycles. The van der Waals surface area contributed by atoms with Gasteiger partial charge in [-0.25, -0.2) is 4.74 Å². The van der Waals surface area contributed by atoms with Crippen LogP contribution in [0.25, 0.3) is 0 Å². The van der Waals surface area contributed by atoms with Crippen molar-refractivity contribution in [2.24, 2.45) is 0 Å². The molecule has 1 radical (unpaired) electrons. The molecule has 0 spiro atoms. The molecule has 10 heavy (non-hydrogen) atoms. The second-order valence-corrected chi connectivity index (χ2v) is 1.44. The number of halogens is 3. The summed E-state index contributed by atoms with van der Waals surface area (Å²) in [6.45, 7) is 0. The minimum Gasteiger partial charge on any atom is -0.441 e. The Kier molecular flexibility index (Phi) is 1.71. The molecule has 1 aliphatic rings. The molecule has 3 nitrogen and oxygen atoms in total. The molecule has 0 fully saturated rings. The summed E-state index contributed by atoms with van der Waals surface area (Å²) in [7, 11) is 0. The van der Waals surface area contributed by atoms with Crippen LogP contribution in [0, 0.1) is 6.26 Å². The molecule has 1 N–H and O–H groups in total. The molecule has 0 amide bonds. The fourth-order valence-electron chi connectivity index (χ4n) is 0.411. The van der Waals surface area contributed by atoms with Crippen LogP contribution >= 0.6 is 0 Å². The fourth-order valence-corrected chi connectivity index (χ4v) is 0.411. The van der Waals surface area contributed by atoms with Crippen LogP contribution in [0.5, 0.6) is 0 Å². The van der Waals surface area contributed by atoms with Crippen LogP contribution < -0.4 is 5.32 Å². The Morgan fingerprint density at radius 3 is 2.70 bits per heavy atom. The second kappa shape index (κ2) is 2.37. The average Bonchev–Trinajstić information content (AvgIpc) is 2.12. The van der Waals surface area contributed by atoms with E-state index < -0.39 is 12.8 Å². The monoisotopic (exact) mass is 154 g/mol. The van der Waals surface area contributed by atoms with E-state index in [2.05, 4.69) is 14.8 Å². The zero-order valence-corrected chi connectivity index (χ0v) is 4.61. The van der Waals surface area contributed by atoms with Gasteiger partial charge in [0.1, 0.15) is 0 Å². The minimum absolute atomic E-state index is 1.09. The van der Waals surface area contributed by atoms with Gasteiger partial charge in [0.2, 0.25) is 0 Å². The summed E-state index contributed by atoms with van der Waals surface area (Å²) in [6, 6.07) is 0. The smallest absolute Gasteiger partial charge is 0.441 e. The Morgan fingerprint density at radius 2 is 2.30 bits per heavy atom. The van der Waals surface area contributed by atoms with E-state index in [9.17, 15) is 13.2 Å². The van der Waals surface area contributed by atoms with E-state index in [1.807, 2.05) is 6.26 Å². The standard InChI is InChI=1S/C4H3F3NO2/c5-4(6,7)10-3-8-1-2-9-3/h1,3,8H. The quantitative estimate of drug-likeness (QED) is 0.603. The van der Waals surface area contributed by atoms with E-state index in [0.717, 1.165) is 6.20 Å². The van der Waals surface area contributed by atoms with Gasteiger partial charge < -0.3 is 10.1 Å². The highest BCUT2D eigenvalue weighted by Gasteiger charge is 2.34. The van der Waals surface area contributed by atoms with Crippen LogP contribution in [0.3, 0.4) is 0 Å². The van der Waals surface area contributed by atoms with E-state index >= 15 is 0 Å². The molecule has 0 saturated heterocycles. The van der Waals surface area contributed by atoms with Gasteiger partial charge in [0, 0.05) is 6.20 Å². The predicted octanol–water partition coefficient (Wildman–Crippen LogP) is 0.701. The van der Waals surface area contributed by atoms with Gasteiger partial charge in [-0.05, 0) is 0 Å².